The molecule has 2 rings (SSSR count). The summed E-state index contributed by atoms with van der Waals surface area (Å²) in [7, 11) is 0. The van der Waals surface area contributed by atoms with Crippen LogP contribution in [0.4, 0.5) is 11.5 Å². The van der Waals surface area contributed by atoms with Gasteiger partial charge in [0.2, 0.25) is 0 Å². The first-order valence-corrected chi connectivity index (χ1v) is 8.93. The second-order valence-electron chi connectivity index (χ2n) is 5.81. The number of nitrogens with one attached hydrogen (secondary N) is 1. The molecule has 0 saturated carbocycles. The average Bonchev–Trinajstić information content (AvgIpc) is 2.63. The number of aromatic nitrogens is 1. The fourth-order valence-electron chi connectivity index (χ4n) is 2.58. The lowest BCUT2D eigenvalue weighted by Crippen LogP contribution is -2.32. The lowest BCUT2D eigenvalue weighted by atomic mass is 10.2. The summed E-state index contributed by atoms with van der Waals surface area (Å²) in [4.78, 5) is 18.8. The van der Waals surface area contributed by atoms with Gasteiger partial charge in [-0.05, 0) is 56.2 Å². The Hall–Kier alpha value is -2.56. The molecule has 0 saturated heterocycles. The number of nitrogens with zero attached hydrogens (tertiary/aromatic N) is 2. The van der Waals surface area contributed by atoms with Crippen LogP contribution in [0, 0.1) is 0 Å². The highest BCUT2D eigenvalue weighted by atomic mass is 16.5. The minimum atomic E-state index is 0.0452. The molecular weight excluding hydrogens is 314 g/mol. The largest absolute Gasteiger partial charge is 0.494 e. The third-order valence-corrected chi connectivity index (χ3v) is 3.72. The molecule has 0 aliphatic heterocycles. The van der Waals surface area contributed by atoms with Crippen molar-refractivity contribution in [3.8, 4) is 5.75 Å². The van der Waals surface area contributed by atoms with Gasteiger partial charge in [-0.3, -0.25) is 4.79 Å². The Kier molecular flexibility index (Phi) is 7.26. The van der Waals surface area contributed by atoms with Gasteiger partial charge < -0.3 is 15.0 Å². The van der Waals surface area contributed by atoms with Gasteiger partial charge in [-0.2, -0.15) is 0 Å². The normalized spacial score (nSPS) is 10.4. The van der Waals surface area contributed by atoms with Crippen molar-refractivity contribution in [2.24, 2.45) is 0 Å². The minimum Gasteiger partial charge on any atom is -0.494 e. The molecule has 5 nitrogen and oxygen atoms in total. The smallest absolute Gasteiger partial charge is 0.255 e. The molecule has 2 aromatic rings. The maximum absolute atomic E-state index is 12.5. The zero-order valence-electron chi connectivity index (χ0n) is 15.3. The van der Waals surface area contributed by atoms with E-state index in [1.807, 2.05) is 48.2 Å². The van der Waals surface area contributed by atoms with Gasteiger partial charge in [-0.25, -0.2) is 4.98 Å². The first-order valence-electron chi connectivity index (χ1n) is 8.93. The number of amides is 1. The second-order valence-corrected chi connectivity index (χ2v) is 5.81. The van der Waals surface area contributed by atoms with Crippen molar-refractivity contribution in [1.82, 2.24) is 9.88 Å². The second kappa shape index (κ2) is 9.67. The molecule has 1 amide bonds. The summed E-state index contributed by atoms with van der Waals surface area (Å²) >= 11 is 0. The van der Waals surface area contributed by atoms with Crippen LogP contribution in [0.5, 0.6) is 5.75 Å². The number of anilines is 2. The first kappa shape index (κ1) is 18.8. The highest BCUT2D eigenvalue weighted by Gasteiger charge is 2.14. The van der Waals surface area contributed by atoms with Crippen LogP contribution in [-0.4, -0.2) is 35.5 Å². The third kappa shape index (κ3) is 5.48. The van der Waals surface area contributed by atoms with Gasteiger partial charge in [0.15, 0.2) is 0 Å². The zero-order valence-corrected chi connectivity index (χ0v) is 15.3. The predicted octanol–water partition coefficient (Wildman–Crippen LogP) is 4.49. The fraction of sp³-hybridized carbons (Fsp3) is 0.400. The first-order chi connectivity index (χ1) is 12.2. The summed E-state index contributed by atoms with van der Waals surface area (Å²) in [6, 6.07) is 11.4. The highest BCUT2D eigenvalue weighted by Crippen LogP contribution is 2.19. The molecule has 1 N–H and O–H groups in total. The van der Waals surface area contributed by atoms with Crippen LogP contribution in [0.25, 0.3) is 0 Å². The number of pyridine rings is 1. The Morgan fingerprint density at radius 1 is 1.04 bits per heavy atom. The van der Waals surface area contributed by atoms with Gasteiger partial charge in [0, 0.05) is 25.0 Å². The van der Waals surface area contributed by atoms with E-state index in [9.17, 15) is 4.79 Å². The van der Waals surface area contributed by atoms with E-state index < -0.39 is 0 Å². The Bertz CT molecular complexity index is 648. The van der Waals surface area contributed by atoms with Crippen LogP contribution < -0.4 is 10.1 Å². The third-order valence-electron chi connectivity index (χ3n) is 3.72. The molecule has 0 unspecified atom stereocenters. The van der Waals surface area contributed by atoms with E-state index in [2.05, 4.69) is 24.1 Å². The van der Waals surface area contributed by atoms with Crippen LogP contribution in [0.15, 0.2) is 42.6 Å². The quantitative estimate of drug-likeness (QED) is 0.730. The van der Waals surface area contributed by atoms with Crippen LogP contribution in [0.3, 0.4) is 0 Å². The van der Waals surface area contributed by atoms with Gasteiger partial charge in [0.25, 0.3) is 5.91 Å². The molecule has 134 valence electrons. The monoisotopic (exact) mass is 341 g/mol. The molecule has 5 heteroatoms. The molecule has 0 radical (unpaired) electrons. The molecule has 1 aromatic carbocycles. The Balaban J connectivity index is 2.02. The Labute approximate surface area is 150 Å². The van der Waals surface area contributed by atoms with Crippen LogP contribution >= 0.6 is 0 Å². The van der Waals surface area contributed by atoms with E-state index >= 15 is 0 Å². The van der Waals surface area contributed by atoms with Gasteiger partial charge in [-0.15, -0.1) is 0 Å². The number of hydrogen-bond acceptors (Lipinski definition) is 4. The predicted molar refractivity (Wildman–Crippen MR) is 102 cm³/mol. The molecule has 1 heterocycles. The molecule has 0 fully saturated rings. The average molecular weight is 341 g/mol. The standard InChI is InChI=1S/C20H27N3O2/c1-4-13-23(14-5-2)20(24)16-7-12-19(21-15-16)22-17-8-10-18(11-9-17)25-6-3/h7-12,15H,4-6,13-14H2,1-3H3,(H,21,22). The number of rotatable bonds is 9. The number of ether oxygens (including phenoxy) is 1. The molecule has 0 aliphatic rings. The Morgan fingerprint density at radius 2 is 1.72 bits per heavy atom. The van der Waals surface area contributed by atoms with E-state index in [4.69, 9.17) is 4.74 Å². The van der Waals surface area contributed by atoms with Gasteiger partial charge in [-0.1, -0.05) is 13.8 Å². The van der Waals surface area contributed by atoms with Crippen molar-refractivity contribution in [2.45, 2.75) is 33.6 Å². The molecule has 0 spiro atoms. The number of benzene rings is 1. The molecule has 0 aliphatic carbocycles. The van der Waals surface area contributed by atoms with Crippen molar-refractivity contribution in [1.29, 1.82) is 0 Å². The Morgan fingerprint density at radius 3 is 2.24 bits per heavy atom. The van der Waals surface area contributed by atoms with Crippen molar-refractivity contribution >= 4 is 17.4 Å². The van der Waals surface area contributed by atoms with E-state index in [1.54, 1.807) is 6.20 Å². The molecule has 0 atom stereocenters. The van der Waals surface area contributed by atoms with Crippen LogP contribution in [0.2, 0.25) is 0 Å². The number of carbonyl (C=O) groups is 1. The molecule has 1 aromatic heterocycles. The SMILES string of the molecule is CCCN(CCC)C(=O)c1ccc(Nc2ccc(OCC)cc2)nc1. The topological polar surface area (TPSA) is 54.5 Å². The van der Waals surface area contributed by atoms with Gasteiger partial charge in [0.05, 0.1) is 12.2 Å². The summed E-state index contributed by atoms with van der Waals surface area (Å²) in [6.07, 6.45) is 3.55. The minimum absolute atomic E-state index is 0.0452. The number of carbonyl (C=O) groups excluding carboxylic acids is 1. The molecule has 0 bridgehead atoms. The molecular formula is C20H27N3O2. The summed E-state index contributed by atoms with van der Waals surface area (Å²) in [5.41, 5.74) is 1.55. The lowest BCUT2D eigenvalue weighted by Gasteiger charge is -2.21. The van der Waals surface area contributed by atoms with Gasteiger partial charge >= 0.3 is 0 Å². The van der Waals surface area contributed by atoms with Crippen molar-refractivity contribution < 1.29 is 9.53 Å². The molecule has 25 heavy (non-hydrogen) atoms. The summed E-state index contributed by atoms with van der Waals surface area (Å²) < 4.78 is 5.43. The van der Waals surface area contributed by atoms with E-state index in [1.165, 1.54) is 0 Å². The fourth-order valence-corrected chi connectivity index (χ4v) is 2.58. The summed E-state index contributed by atoms with van der Waals surface area (Å²) in [5.74, 6) is 1.59. The van der Waals surface area contributed by atoms with E-state index in [-0.39, 0.29) is 5.91 Å². The van der Waals surface area contributed by atoms with E-state index in [0.717, 1.165) is 37.4 Å². The van der Waals surface area contributed by atoms with Gasteiger partial charge in [0.1, 0.15) is 11.6 Å². The zero-order chi connectivity index (χ0) is 18.1. The summed E-state index contributed by atoms with van der Waals surface area (Å²) in [6.45, 7) is 8.33. The summed E-state index contributed by atoms with van der Waals surface area (Å²) in [5, 5.41) is 3.23. The maximum atomic E-state index is 12.5. The number of hydrogen-bond donors (Lipinski definition) is 1. The highest BCUT2D eigenvalue weighted by molar-refractivity contribution is 5.94. The van der Waals surface area contributed by atoms with E-state index in [0.29, 0.717) is 18.0 Å². The maximum Gasteiger partial charge on any atom is 0.255 e. The van der Waals surface area contributed by atoms with Crippen LogP contribution in [-0.2, 0) is 0 Å². The lowest BCUT2D eigenvalue weighted by molar-refractivity contribution is 0.0755. The van der Waals surface area contributed by atoms with Crippen molar-refractivity contribution in [2.75, 3.05) is 25.0 Å². The van der Waals surface area contributed by atoms with Crippen LogP contribution in [0.1, 0.15) is 44.0 Å². The van der Waals surface area contributed by atoms with Crippen molar-refractivity contribution in [3.05, 3.63) is 48.2 Å². The van der Waals surface area contributed by atoms with Crippen molar-refractivity contribution in [3.63, 3.8) is 0 Å².